The van der Waals surface area contributed by atoms with Crippen LogP contribution < -0.4 is 0 Å². The van der Waals surface area contributed by atoms with Crippen LogP contribution in [0.4, 0.5) is 0 Å². The Kier molecular flexibility index (Phi) is 4.79. The molecule has 1 nitrogen and oxygen atoms in total. The van der Waals surface area contributed by atoms with E-state index < -0.39 is 0 Å². The third kappa shape index (κ3) is 7.15. The lowest BCUT2D eigenvalue weighted by atomic mass is 10.3. The summed E-state index contributed by atoms with van der Waals surface area (Å²) in [7, 11) is 0. The number of carbonyl (C=O) groups is 1. The first kappa shape index (κ1) is 8.15. The van der Waals surface area contributed by atoms with E-state index >= 15 is 0 Å². The molecule has 0 heterocycles. The smallest absolute Gasteiger partial charge is 0.152 e. The van der Waals surface area contributed by atoms with Crippen LogP contribution in [0.2, 0.25) is 0 Å². The van der Waals surface area contributed by atoms with Gasteiger partial charge in [0.25, 0.3) is 0 Å². The highest BCUT2D eigenvalue weighted by Crippen LogP contribution is 1.85. The van der Waals surface area contributed by atoms with Gasteiger partial charge in [0.05, 0.1) is 0 Å². The van der Waals surface area contributed by atoms with Crippen LogP contribution in [0.5, 0.6) is 0 Å². The molecule has 0 unspecified atom stereocenters. The van der Waals surface area contributed by atoms with Crippen molar-refractivity contribution in [2.24, 2.45) is 0 Å². The van der Waals surface area contributed by atoms with E-state index in [2.05, 4.69) is 0 Å². The molecule has 0 bridgehead atoms. The van der Waals surface area contributed by atoms with Crippen molar-refractivity contribution in [3.63, 3.8) is 0 Å². The molecule has 0 aromatic carbocycles. The van der Waals surface area contributed by atoms with Crippen LogP contribution >= 0.6 is 0 Å². The van der Waals surface area contributed by atoms with Crippen molar-refractivity contribution >= 4 is 5.78 Å². The number of allylic oxidation sites excluding steroid dienone is 4. The highest BCUT2D eigenvalue weighted by atomic mass is 16.1. The van der Waals surface area contributed by atoms with Gasteiger partial charge in [0.1, 0.15) is 0 Å². The Bertz CT molecular complexity index is 132. The van der Waals surface area contributed by atoms with Crippen molar-refractivity contribution in [2.45, 2.75) is 20.3 Å². The van der Waals surface area contributed by atoms with E-state index in [-0.39, 0.29) is 5.78 Å². The fourth-order valence-corrected chi connectivity index (χ4v) is 0.449. The lowest BCUT2D eigenvalue weighted by molar-refractivity contribution is -0.112. The van der Waals surface area contributed by atoms with Crippen LogP contribution in [0.25, 0.3) is 0 Å². The molecule has 0 fully saturated rings. The van der Waals surface area contributed by atoms with Crippen molar-refractivity contribution in [3.8, 4) is 0 Å². The SMILES string of the molecule is CC=CCC=CC(C)=O. The largest absolute Gasteiger partial charge is 0.295 e. The summed E-state index contributed by atoms with van der Waals surface area (Å²) in [5.41, 5.74) is 0. The van der Waals surface area contributed by atoms with Crippen LogP contribution in [0.3, 0.4) is 0 Å². The van der Waals surface area contributed by atoms with E-state index in [4.69, 9.17) is 0 Å². The maximum Gasteiger partial charge on any atom is 0.152 e. The molecule has 1 heteroatoms. The zero-order valence-electron chi connectivity index (χ0n) is 5.92. The van der Waals surface area contributed by atoms with E-state index in [1.54, 1.807) is 13.0 Å². The van der Waals surface area contributed by atoms with E-state index in [0.717, 1.165) is 6.42 Å². The first-order valence-corrected chi connectivity index (χ1v) is 3.05. The molecular weight excluding hydrogens is 112 g/mol. The van der Waals surface area contributed by atoms with Crippen LogP contribution in [0.15, 0.2) is 24.3 Å². The van der Waals surface area contributed by atoms with Gasteiger partial charge < -0.3 is 0 Å². The molecule has 0 aliphatic heterocycles. The van der Waals surface area contributed by atoms with Crippen LogP contribution in [0, 0.1) is 0 Å². The molecule has 0 aromatic heterocycles. The second kappa shape index (κ2) is 5.29. The molecule has 50 valence electrons. The third-order valence-electron chi connectivity index (χ3n) is 0.860. The van der Waals surface area contributed by atoms with E-state index in [0.29, 0.717) is 0 Å². The highest BCUT2D eigenvalue weighted by Gasteiger charge is 1.77. The summed E-state index contributed by atoms with van der Waals surface area (Å²) < 4.78 is 0. The minimum atomic E-state index is 0.111. The number of hydrogen-bond acceptors (Lipinski definition) is 1. The van der Waals surface area contributed by atoms with Crippen molar-refractivity contribution in [1.82, 2.24) is 0 Å². The predicted octanol–water partition coefficient (Wildman–Crippen LogP) is 2.10. The quantitative estimate of drug-likeness (QED) is 0.416. The first-order chi connectivity index (χ1) is 4.27. The number of carbonyl (C=O) groups excluding carboxylic acids is 1. The van der Waals surface area contributed by atoms with Crippen LogP contribution in [-0.2, 0) is 4.79 Å². The standard InChI is InChI=1S/C8H12O/c1-3-4-5-6-7-8(2)9/h3-4,6-7H,5H2,1-2H3. The molecule has 0 saturated carbocycles. The topological polar surface area (TPSA) is 17.1 Å². The van der Waals surface area contributed by atoms with Gasteiger partial charge in [0.15, 0.2) is 5.78 Å². The van der Waals surface area contributed by atoms with Crippen molar-refractivity contribution in [3.05, 3.63) is 24.3 Å². The van der Waals surface area contributed by atoms with E-state index in [1.807, 2.05) is 25.2 Å². The van der Waals surface area contributed by atoms with Gasteiger partial charge in [-0.1, -0.05) is 18.2 Å². The summed E-state index contributed by atoms with van der Waals surface area (Å²) in [4.78, 5) is 10.3. The first-order valence-electron chi connectivity index (χ1n) is 3.05. The van der Waals surface area contributed by atoms with Crippen LogP contribution in [-0.4, -0.2) is 5.78 Å². The lowest BCUT2D eigenvalue weighted by Crippen LogP contribution is -1.77. The van der Waals surface area contributed by atoms with Gasteiger partial charge in [-0.25, -0.2) is 0 Å². The minimum absolute atomic E-state index is 0.111. The number of rotatable bonds is 3. The van der Waals surface area contributed by atoms with Gasteiger partial charge in [-0.15, -0.1) is 0 Å². The Hall–Kier alpha value is -0.850. The fourth-order valence-electron chi connectivity index (χ4n) is 0.449. The Morgan fingerprint density at radius 2 is 2.11 bits per heavy atom. The highest BCUT2D eigenvalue weighted by molar-refractivity contribution is 5.87. The molecule has 0 saturated heterocycles. The second-order valence-corrected chi connectivity index (χ2v) is 1.82. The van der Waals surface area contributed by atoms with Gasteiger partial charge in [-0.05, 0) is 26.3 Å². The summed E-state index contributed by atoms with van der Waals surface area (Å²) in [6, 6.07) is 0. The Balaban J connectivity index is 3.36. The van der Waals surface area contributed by atoms with Crippen molar-refractivity contribution in [1.29, 1.82) is 0 Å². The van der Waals surface area contributed by atoms with Gasteiger partial charge >= 0.3 is 0 Å². The average molecular weight is 124 g/mol. The molecular formula is C8H12O. The van der Waals surface area contributed by atoms with Gasteiger partial charge in [-0.2, -0.15) is 0 Å². The predicted molar refractivity (Wildman–Crippen MR) is 39.3 cm³/mol. The molecule has 0 atom stereocenters. The summed E-state index contributed by atoms with van der Waals surface area (Å²) in [5.74, 6) is 0.111. The summed E-state index contributed by atoms with van der Waals surface area (Å²) >= 11 is 0. The van der Waals surface area contributed by atoms with Crippen molar-refractivity contribution < 1.29 is 4.79 Å². The Morgan fingerprint density at radius 1 is 1.44 bits per heavy atom. The Labute approximate surface area is 56.1 Å². The summed E-state index contributed by atoms with van der Waals surface area (Å²) in [6.45, 7) is 3.51. The molecule has 0 aliphatic rings. The molecule has 9 heavy (non-hydrogen) atoms. The number of hydrogen-bond donors (Lipinski definition) is 0. The third-order valence-corrected chi connectivity index (χ3v) is 0.860. The molecule has 0 aliphatic carbocycles. The van der Waals surface area contributed by atoms with E-state index in [1.165, 1.54) is 0 Å². The molecule has 0 radical (unpaired) electrons. The van der Waals surface area contributed by atoms with Gasteiger partial charge in [0.2, 0.25) is 0 Å². The van der Waals surface area contributed by atoms with Crippen LogP contribution in [0.1, 0.15) is 20.3 Å². The average Bonchev–Trinajstić information content (AvgIpc) is 1.80. The summed E-state index contributed by atoms with van der Waals surface area (Å²) in [5, 5.41) is 0. The maximum absolute atomic E-state index is 10.3. The molecule has 0 N–H and O–H groups in total. The second-order valence-electron chi connectivity index (χ2n) is 1.82. The Morgan fingerprint density at radius 3 is 2.56 bits per heavy atom. The zero-order chi connectivity index (χ0) is 7.11. The maximum atomic E-state index is 10.3. The van der Waals surface area contributed by atoms with Gasteiger partial charge in [-0.3, -0.25) is 4.79 Å². The normalized spacial score (nSPS) is 11.3. The molecule has 0 spiro atoms. The molecule has 0 rings (SSSR count). The van der Waals surface area contributed by atoms with E-state index in [9.17, 15) is 4.79 Å². The van der Waals surface area contributed by atoms with Gasteiger partial charge in [0, 0.05) is 0 Å². The van der Waals surface area contributed by atoms with Crippen molar-refractivity contribution in [2.75, 3.05) is 0 Å². The minimum Gasteiger partial charge on any atom is -0.295 e. The monoisotopic (exact) mass is 124 g/mol. The number of ketones is 1. The fraction of sp³-hybridized carbons (Fsp3) is 0.375. The molecule has 0 amide bonds. The summed E-state index contributed by atoms with van der Waals surface area (Å²) in [6.07, 6.45) is 8.25. The lowest BCUT2D eigenvalue weighted by Gasteiger charge is -1.77. The molecule has 0 aromatic rings. The zero-order valence-corrected chi connectivity index (χ0v) is 5.92.